The number of rotatable bonds is 4. The first kappa shape index (κ1) is 14.3. The van der Waals surface area contributed by atoms with Gasteiger partial charge in [0, 0.05) is 5.02 Å². The summed E-state index contributed by atoms with van der Waals surface area (Å²) in [5, 5.41) is 8.35. The highest BCUT2D eigenvalue weighted by molar-refractivity contribution is 7.92. The van der Waals surface area contributed by atoms with E-state index in [1.807, 2.05) is 0 Å². The summed E-state index contributed by atoms with van der Waals surface area (Å²) in [6.45, 7) is 0. The molecule has 1 atom stereocenters. The van der Waals surface area contributed by atoms with Gasteiger partial charge in [0.15, 0.2) is 15.1 Å². The minimum atomic E-state index is -3.86. The van der Waals surface area contributed by atoms with Crippen LogP contribution in [0.2, 0.25) is 5.02 Å². The number of sulfone groups is 1. The molecular formula is C13H15ClO4S. The smallest absolute Gasteiger partial charge is 0.322 e. The molecule has 6 heteroatoms. The zero-order valence-corrected chi connectivity index (χ0v) is 11.8. The van der Waals surface area contributed by atoms with E-state index >= 15 is 0 Å². The van der Waals surface area contributed by atoms with Gasteiger partial charge in [0.2, 0.25) is 0 Å². The fourth-order valence-corrected chi connectivity index (χ4v) is 4.60. The number of hydrogen-bond acceptors (Lipinski definition) is 3. The van der Waals surface area contributed by atoms with E-state index in [-0.39, 0.29) is 10.8 Å². The van der Waals surface area contributed by atoms with Gasteiger partial charge in [-0.1, -0.05) is 24.4 Å². The molecule has 0 saturated heterocycles. The number of halogens is 1. The fourth-order valence-electron chi connectivity index (χ4n) is 2.62. The van der Waals surface area contributed by atoms with Crippen LogP contribution in [-0.4, -0.2) is 24.7 Å². The number of benzene rings is 1. The van der Waals surface area contributed by atoms with Crippen molar-refractivity contribution in [2.45, 2.75) is 35.8 Å². The third-order valence-electron chi connectivity index (χ3n) is 3.55. The highest BCUT2D eigenvalue weighted by Gasteiger charge is 2.41. The van der Waals surface area contributed by atoms with Gasteiger partial charge in [-0.3, -0.25) is 4.79 Å². The van der Waals surface area contributed by atoms with Gasteiger partial charge in [0.1, 0.15) is 0 Å². The lowest BCUT2D eigenvalue weighted by Crippen LogP contribution is -2.36. The van der Waals surface area contributed by atoms with Gasteiger partial charge in [-0.15, -0.1) is 0 Å². The Morgan fingerprint density at radius 2 is 1.74 bits per heavy atom. The van der Waals surface area contributed by atoms with E-state index in [0.717, 1.165) is 12.8 Å². The number of hydrogen-bond donors (Lipinski definition) is 1. The maximum absolute atomic E-state index is 12.4. The molecule has 0 aromatic heterocycles. The summed E-state index contributed by atoms with van der Waals surface area (Å²) in [5.74, 6) is -1.56. The van der Waals surface area contributed by atoms with Crippen molar-refractivity contribution >= 4 is 27.4 Å². The molecule has 1 saturated carbocycles. The summed E-state index contributed by atoms with van der Waals surface area (Å²) in [5.41, 5.74) is 0. The third kappa shape index (κ3) is 2.92. The van der Waals surface area contributed by atoms with Gasteiger partial charge in [0.25, 0.3) is 0 Å². The van der Waals surface area contributed by atoms with Crippen molar-refractivity contribution in [2.24, 2.45) is 5.92 Å². The predicted molar refractivity (Wildman–Crippen MR) is 72.0 cm³/mol. The quantitative estimate of drug-likeness (QED) is 0.928. The van der Waals surface area contributed by atoms with Crippen LogP contribution in [0.5, 0.6) is 0 Å². The van der Waals surface area contributed by atoms with Crippen LogP contribution in [0.1, 0.15) is 25.7 Å². The zero-order valence-electron chi connectivity index (χ0n) is 10.3. The minimum Gasteiger partial charge on any atom is -0.480 e. The number of carbonyl (C=O) groups is 1. The van der Waals surface area contributed by atoms with Gasteiger partial charge < -0.3 is 5.11 Å². The van der Waals surface area contributed by atoms with Crippen LogP contribution in [0.25, 0.3) is 0 Å². The molecule has 1 aliphatic carbocycles. The van der Waals surface area contributed by atoms with Crippen molar-refractivity contribution in [1.29, 1.82) is 0 Å². The Labute approximate surface area is 117 Å². The lowest BCUT2D eigenvalue weighted by atomic mass is 10.0. The average Bonchev–Trinajstić information content (AvgIpc) is 2.82. The molecule has 1 aliphatic rings. The molecule has 0 spiro atoms. The van der Waals surface area contributed by atoms with Crippen molar-refractivity contribution < 1.29 is 18.3 Å². The van der Waals surface area contributed by atoms with Gasteiger partial charge in [-0.2, -0.15) is 0 Å². The predicted octanol–water partition coefficient (Wildman–Crippen LogP) is 2.76. The van der Waals surface area contributed by atoms with Crippen LogP contribution >= 0.6 is 11.6 Å². The fraction of sp³-hybridized carbons (Fsp3) is 0.462. The highest BCUT2D eigenvalue weighted by Crippen LogP contribution is 2.34. The summed E-state index contributed by atoms with van der Waals surface area (Å²) >= 11 is 5.72. The van der Waals surface area contributed by atoms with Crippen LogP contribution in [0.3, 0.4) is 0 Å². The molecule has 104 valence electrons. The molecule has 4 nitrogen and oxygen atoms in total. The van der Waals surface area contributed by atoms with Crippen LogP contribution in [-0.2, 0) is 14.6 Å². The van der Waals surface area contributed by atoms with E-state index in [1.165, 1.54) is 24.3 Å². The van der Waals surface area contributed by atoms with Crippen molar-refractivity contribution in [3.8, 4) is 0 Å². The molecule has 0 amide bonds. The van der Waals surface area contributed by atoms with E-state index in [2.05, 4.69) is 0 Å². The maximum atomic E-state index is 12.4. The second-order valence-electron chi connectivity index (χ2n) is 4.80. The number of aliphatic carboxylic acids is 1. The lowest BCUT2D eigenvalue weighted by Gasteiger charge is -2.19. The summed E-state index contributed by atoms with van der Waals surface area (Å²) in [6.07, 6.45) is 3.10. The van der Waals surface area contributed by atoms with Crippen molar-refractivity contribution in [2.75, 3.05) is 0 Å². The van der Waals surface area contributed by atoms with Crippen LogP contribution in [0.4, 0.5) is 0 Å². The molecule has 0 radical (unpaired) electrons. The van der Waals surface area contributed by atoms with Crippen molar-refractivity contribution in [3.05, 3.63) is 29.3 Å². The van der Waals surface area contributed by atoms with Crippen molar-refractivity contribution in [1.82, 2.24) is 0 Å². The third-order valence-corrected chi connectivity index (χ3v) is 5.98. The Balaban J connectivity index is 2.39. The summed E-state index contributed by atoms with van der Waals surface area (Å²) < 4.78 is 24.9. The molecule has 2 rings (SSSR count). The molecule has 1 aromatic carbocycles. The molecule has 1 unspecified atom stereocenters. The Morgan fingerprint density at radius 1 is 1.21 bits per heavy atom. The van der Waals surface area contributed by atoms with E-state index in [1.54, 1.807) is 0 Å². The molecular weight excluding hydrogens is 288 g/mol. The standard InChI is InChI=1S/C13H15ClO4S/c14-10-5-7-11(8-6-10)19(17,18)12(13(15)16)9-3-1-2-4-9/h5-9,12H,1-4H2,(H,15,16). The molecule has 0 bridgehead atoms. The Hall–Kier alpha value is -1.07. The van der Waals surface area contributed by atoms with Crippen LogP contribution in [0, 0.1) is 5.92 Å². The van der Waals surface area contributed by atoms with Gasteiger partial charge in [-0.25, -0.2) is 8.42 Å². The number of carboxylic acid groups (broad SMARTS) is 1. The lowest BCUT2D eigenvalue weighted by molar-refractivity contribution is -0.137. The van der Waals surface area contributed by atoms with E-state index in [4.69, 9.17) is 11.6 Å². The first-order valence-corrected chi connectivity index (χ1v) is 8.07. The van der Waals surface area contributed by atoms with Crippen LogP contribution < -0.4 is 0 Å². The summed E-state index contributed by atoms with van der Waals surface area (Å²) in [4.78, 5) is 11.4. The van der Waals surface area contributed by atoms with Crippen LogP contribution in [0.15, 0.2) is 29.2 Å². The SMILES string of the molecule is O=C(O)C(C1CCCC1)S(=O)(=O)c1ccc(Cl)cc1. The Kier molecular flexibility index (Phi) is 4.16. The molecule has 1 fully saturated rings. The van der Waals surface area contributed by atoms with Gasteiger partial charge >= 0.3 is 5.97 Å². The average molecular weight is 303 g/mol. The topological polar surface area (TPSA) is 71.4 Å². The molecule has 0 aliphatic heterocycles. The number of carboxylic acids is 1. The Bertz CT molecular complexity index is 559. The Morgan fingerprint density at radius 3 is 2.21 bits per heavy atom. The van der Waals surface area contributed by atoms with E-state index in [0.29, 0.717) is 17.9 Å². The maximum Gasteiger partial charge on any atom is 0.322 e. The summed E-state index contributed by atoms with van der Waals surface area (Å²) in [6, 6.07) is 5.65. The highest BCUT2D eigenvalue weighted by atomic mass is 35.5. The van der Waals surface area contributed by atoms with E-state index < -0.39 is 21.1 Å². The molecule has 1 aromatic rings. The zero-order chi connectivity index (χ0) is 14.0. The first-order chi connectivity index (χ1) is 8.93. The second-order valence-corrected chi connectivity index (χ2v) is 7.31. The minimum absolute atomic E-state index is 0.0243. The second kappa shape index (κ2) is 5.51. The molecule has 1 N–H and O–H groups in total. The van der Waals surface area contributed by atoms with Gasteiger partial charge in [0.05, 0.1) is 4.90 Å². The summed E-state index contributed by atoms with van der Waals surface area (Å²) in [7, 11) is -3.86. The van der Waals surface area contributed by atoms with Crippen molar-refractivity contribution in [3.63, 3.8) is 0 Å². The molecule has 0 heterocycles. The first-order valence-electron chi connectivity index (χ1n) is 6.15. The monoisotopic (exact) mass is 302 g/mol. The normalized spacial score (nSPS) is 18.4. The molecule has 19 heavy (non-hydrogen) atoms. The van der Waals surface area contributed by atoms with Gasteiger partial charge in [-0.05, 0) is 43.0 Å². The largest absolute Gasteiger partial charge is 0.480 e. The van der Waals surface area contributed by atoms with E-state index in [9.17, 15) is 18.3 Å².